The van der Waals surface area contributed by atoms with E-state index in [2.05, 4.69) is 5.10 Å². The molecule has 6 nitrogen and oxygen atoms in total. The van der Waals surface area contributed by atoms with Crippen LogP contribution in [0.15, 0.2) is 36.5 Å². The molecule has 1 atom stereocenters. The van der Waals surface area contributed by atoms with Gasteiger partial charge in [-0.05, 0) is 18.6 Å². The van der Waals surface area contributed by atoms with Crippen molar-refractivity contribution in [3.05, 3.63) is 42.1 Å². The number of carbonyl (C=O) groups is 2. The van der Waals surface area contributed by atoms with Crippen molar-refractivity contribution in [1.29, 1.82) is 0 Å². The Morgan fingerprint density at radius 2 is 2.00 bits per heavy atom. The van der Waals surface area contributed by atoms with E-state index in [9.17, 15) is 9.59 Å². The summed E-state index contributed by atoms with van der Waals surface area (Å²) in [6, 6.07) is 9.44. The van der Waals surface area contributed by atoms with Gasteiger partial charge < -0.3 is 10.6 Å². The Morgan fingerprint density at radius 1 is 1.27 bits per heavy atom. The Bertz CT molecular complexity index is 708. The van der Waals surface area contributed by atoms with Crippen LogP contribution in [0.5, 0.6) is 0 Å². The molecule has 1 aliphatic rings. The number of hydrogen-bond acceptors (Lipinski definition) is 4. The van der Waals surface area contributed by atoms with E-state index in [1.165, 1.54) is 13.1 Å². The summed E-state index contributed by atoms with van der Waals surface area (Å²) in [6.07, 6.45) is 2.19. The van der Waals surface area contributed by atoms with Crippen LogP contribution in [0.3, 0.4) is 0 Å². The fourth-order valence-electron chi connectivity index (χ4n) is 2.80. The van der Waals surface area contributed by atoms with E-state index in [1.807, 2.05) is 30.3 Å². The van der Waals surface area contributed by atoms with Crippen LogP contribution >= 0.6 is 0 Å². The first-order valence-electron chi connectivity index (χ1n) is 7.26. The molecule has 3 rings (SSSR count). The van der Waals surface area contributed by atoms with E-state index in [0.717, 1.165) is 5.69 Å². The zero-order valence-corrected chi connectivity index (χ0v) is 12.4. The predicted molar refractivity (Wildman–Crippen MR) is 82.7 cm³/mol. The van der Waals surface area contributed by atoms with Gasteiger partial charge in [0, 0.05) is 25.9 Å². The molecule has 0 spiro atoms. The Labute approximate surface area is 128 Å². The summed E-state index contributed by atoms with van der Waals surface area (Å²) in [5.74, 6) is 0.115. The number of hydrogen-bond donors (Lipinski definition) is 1. The minimum atomic E-state index is -0.195. The average molecular weight is 298 g/mol. The molecule has 2 N–H and O–H groups in total. The number of nitrogens with two attached hydrogens (primary N) is 1. The van der Waals surface area contributed by atoms with Gasteiger partial charge in [0.05, 0.1) is 17.4 Å². The van der Waals surface area contributed by atoms with Crippen LogP contribution in [0.1, 0.15) is 23.7 Å². The molecule has 0 unspecified atom stereocenters. The summed E-state index contributed by atoms with van der Waals surface area (Å²) < 4.78 is 1.56. The number of aromatic nitrogens is 2. The monoisotopic (exact) mass is 298 g/mol. The maximum absolute atomic E-state index is 12.6. The molecule has 1 aromatic heterocycles. The average Bonchev–Trinajstić information content (AvgIpc) is 3.14. The topological polar surface area (TPSA) is 81.2 Å². The molecule has 1 amide bonds. The maximum Gasteiger partial charge on any atom is 0.219 e. The Kier molecular flexibility index (Phi) is 3.66. The third-order valence-electron chi connectivity index (χ3n) is 4.08. The fraction of sp³-hybridized carbons (Fsp3) is 0.312. The minimum absolute atomic E-state index is 0.00301. The van der Waals surface area contributed by atoms with E-state index in [0.29, 0.717) is 30.9 Å². The highest BCUT2D eigenvalue weighted by Crippen LogP contribution is 2.25. The molecule has 0 aliphatic carbocycles. The molecule has 2 aromatic rings. The number of benzene rings is 1. The van der Waals surface area contributed by atoms with Crippen molar-refractivity contribution in [2.24, 2.45) is 5.92 Å². The largest absolute Gasteiger partial charge is 0.383 e. The van der Waals surface area contributed by atoms with E-state index < -0.39 is 0 Å². The summed E-state index contributed by atoms with van der Waals surface area (Å²) in [7, 11) is 0. The van der Waals surface area contributed by atoms with Crippen LogP contribution < -0.4 is 5.73 Å². The summed E-state index contributed by atoms with van der Waals surface area (Å²) >= 11 is 0. The van der Waals surface area contributed by atoms with Crippen molar-refractivity contribution in [2.45, 2.75) is 13.3 Å². The minimum Gasteiger partial charge on any atom is -0.383 e. The number of ketones is 1. The van der Waals surface area contributed by atoms with E-state index in [-0.39, 0.29) is 17.6 Å². The second kappa shape index (κ2) is 5.63. The highest BCUT2D eigenvalue weighted by molar-refractivity contribution is 6.02. The van der Waals surface area contributed by atoms with Crippen LogP contribution in [0.25, 0.3) is 5.69 Å². The summed E-state index contributed by atoms with van der Waals surface area (Å²) in [5.41, 5.74) is 7.34. The van der Waals surface area contributed by atoms with E-state index >= 15 is 0 Å². The molecule has 22 heavy (non-hydrogen) atoms. The molecule has 1 aliphatic heterocycles. The second-order valence-electron chi connectivity index (χ2n) is 5.51. The number of Topliss-reactive ketones (excluding diaryl/α,β-unsaturated/α-hetero) is 1. The van der Waals surface area contributed by atoms with Gasteiger partial charge in [-0.1, -0.05) is 18.2 Å². The van der Waals surface area contributed by atoms with Crippen LogP contribution in [-0.2, 0) is 4.79 Å². The number of nitrogen functional groups attached to an aromatic ring is 1. The number of rotatable bonds is 3. The van der Waals surface area contributed by atoms with Crippen LogP contribution in [0.2, 0.25) is 0 Å². The summed E-state index contributed by atoms with van der Waals surface area (Å²) in [4.78, 5) is 25.7. The lowest BCUT2D eigenvalue weighted by atomic mass is 9.98. The number of anilines is 1. The standard InChI is InChI=1S/C16H18N4O2/c1-11(21)19-8-7-12(10-19)15(22)14-9-18-20(16(14)17)13-5-3-2-4-6-13/h2-6,9,12H,7-8,10,17H2,1H3/t12-/m1/s1. The lowest BCUT2D eigenvalue weighted by molar-refractivity contribution is -0.127. The predicted octanol–water partition coefficient (Wildman–Crippen LogP) is 1.51. The van der Waals surface area contributed by atoms with Gasteiger partial charge in [0.1, 0.15) is 5.82 Å². The number of carbonyl (C=O) groups excluding carboxylic acids is 2. The Morgan fingerprint density at radius 3 is 2.64 bits per heavy atom. The molecule has 0 radical (unpaired) electrons. The highest BCUT2D eigenvalue weighted by Gasteiger charge is 2.32. The maximum atomic E-state index is 12.6. The third-order valence-corrected chi connectivity index (χ3v) is 4.08. The molecule has 2 heterocycles. The van der Waals surface area contributed by atoms with Gasteiger partial charge in [-0.3, -0.25) is 9.59 Å². The van der Waals surface area contributed by atoms with Crippen molar-refractivity contribution in [3.63, 3.8) is 0 Å². The second-order valence-corrected chi connectivity index (χ2v) is 5.51. The molecule has 1 fully saturated rings. The molecule has 114 valence electrons. The van der Waals surface area contributed by atoms with E-state index in [1.54, 1.807) is 9.58 Å². The summed E-state index contributed by atoms with van der Waals surface area (Å²) in [6.45, 7) is 2.61. The van der Waals surface area contributed by atoms with Gasteiger partial charge in [0.2, 0.25) is 5.91 Å². The first-order valence-corrected chi connectivity index (χ1v) is 7.26. The quantitative estimate of drug-likeness (QED) is 0.871. The van der Waals surface area contributed by atoms with Gasteiger partial charge >= 0.3 is 0 Å². The van der Waals surface area contributed by atoms with Crippen molar-refractivity contribution in [2.75, 3.05) is 18.8 Å². The molecular formula is C16H18N4O2. The van der Waals surface area contributed by atoms with Gasteiger partial charge in [-0.25, -0.2) is 4.68 Å². The lowest BCUT2D eigenvalue weighted by Gasteiger charge is -2.13. The van der Waals surface area contributed by atoms with Crippen molar-refractivity contribution >= 4 is 17.5 Å². The zero-order chi connectivity index (χ0) is 15.7. The molecule has 0 bridgehead atoms. The zero-order valence-electron chi connectivity index (χ0n) is 12.4. The molecular weight excluding hydrogens is 280 g/mol. The fourth-order valence-corrected chi connectivity index (χ4v) is 2.80. The van der Waals surface area contributed by atoms with Crippen LogP contribution in [0.4, 0.5) is 5.82 Å². The first kappa shape index (κ1) is 14.3. The van der Waals surface area contributed by atoms with Crippen molar-refractivity contribution < 1.29 is 9.59 Å². The normalized spacial score (nSPS) is 17.7. The molecule has 1 saturated heterocycles. The highest BCUT2D eigenvalue weighted by atomic mass is 16.2. The van der Waals surface area contributed by atoms with Crippen molar-refractivity contribution in [3.8, 4) is 5.69 Å². The molecule has 1 aromatic carbocycles. The lowest BCUT2D eigenvalue weighted by Crippen LogP contribution is -2.27. The summed E-state index contributed by atoms with van der Waals surface area (Å²) in [5, 5.41) is 4.22. The van der Waals surface area contributed by atoms with Gasteiger partial charge in [0.25, 0.3) is 0 Å². The number of likely N-dealkylation sites (tertiary alicyclic amines) is 1. The third kappa shape index (κ3) is 2.47. The van der Waals surface area contributed by atoms with Crippen molar-refractivity contribution in [1.82, 2.24) is 14.7 Å². The first-order chi connectivity index (χ1) is 10.6. The van der Waals surface area contributed by atoms with Crippen LogP contribution in [0, 0.1) is 5.92 Å². The van der Waals surface area contributed by atoms with Gasteiger partial charge in [0.15, 0.2) is 5.78 Å². The number of nitrogens with zero attached hydrogens (tertiary/aromatic N) is 3. The smallest absolute Gasteiger partial charge is 0.219 e. The van der Waals surface area contributed by atoms with Crippen LogP contribution in [-0.4, -0.2) is 39.5 Å². The SMILES string of the molecule is CC(=O)N1CC[C@@H](C(=O)c2cnn(-c3ccccc3)c2N)C1. The molecule has 6 heteroatoms. The van der Waals surface area contributed by atoms with E-state index in [4.69, 9.17) is 5.73 Å². The Hall–Kier alpha value is -2.63. The Balaban J connectivity index is 1.83. The molecule has 0 saturated carbocycles. The van der Waals surface area contributed by atoms with Gasteiger partial charge in [-0.2, -0.15) is 5.10 Å². The number of para-hydroxylation sites is 1. The van der Waals surface area contributed by atoms with Gasteiger partial charge in [-0.15, -0.1) is 0 Å². The number of amides is 1.